The van der Waals surface area contributed by atoms with Crippen molar-refractivity contribution in [2.45, 2.75) is 51.6 Å². The zero-order valence-electron chi connectivity index (χ0n) is 23.4. The van der Waals surface area contributed by atoms with Crippen LogP contribution in [0.15, 0.2) is 71.6 Å². The highest BCUT2D eigenvalue weighted by Crippen LogP contribution is 2.29. The number of nitrogens with zero attached hydrogens (tertiary/aromatic N) is 2. The Morgan fingerprint density at radius 2 is 1.54 bits per heavy atom. The Bertz CT molecular complexity index is 1460. The van der Waals surface area contributed by atoms with Crippen molar-refractivity contribution < 1.29 is 18.0 Å². The first-order chi connectivity index (χ1) is 19.3. The topological polar surface area (TPSA) is 86.8 Å². The summed E-state index contributed by atoms with van der Waals surface area (Å²) in [6.45, 7) is 7.32. The van der Waals surface area contributed by atoms with E-state index >= 15 is 0 Å². The third kappa shape index (κ3) is 8.38. The number of benzene rings is 3. The van der Waals surface area contributed by atoms with Crippen LogP contribution in [0.25, 0.3) is 0 Å². The SMILES string of the molecule is CCC(C(=O)NCC(C)C)N(Cc1c(Cl)cccc1Cl)C(=O)CN(c1cccc(C)c1)S(=O)(=O)c1ccc(Cl)cc1. The van der Waals surface area contributed by atoms with Gasteiger partial charge in [-0.2, -0.15) is 0 Å². The van der Waals surface area contributed by atoms with Crippen molar-refractivity contribution in [2.24, 2.45) is 5.92 Å². The Labute approximate surface area is 257 Å². The monoisotopic (exact) mass is 637 g/mol. The molecule has 0 radical (unpaired) electrons. The molecule has 0 aromatic heterocycles. The van der Waals surface area contributed by atoms with Crippen LogP contribution in [-0.2, 0) is 26.2 Å². The standard InChI is InChI=1S/C30H34Cl3N3O4S/c1-5-28(30(38)34-17-20(2)3)35(18-25-26(32)10-7-11-27(25)33)29(37)19-36(23-9-6-8-21(4)16-23)41(39,40)24-14-12-22(31)13-15-24/h6-16,20,28H,5,17-19H2,1-4H3,(H,34,38). The lowest BCUT2D eigenvalue weighted by atomic mass is 10.1. The van der Waals surface area contributed by atoms with Gasteiger partial charge in [0.15, 0.2) is 0 Å². The molecule has 2 amide bonds. The van der Waals surface area contributed by atoms with Crippen molar-refractivity contribution in [1.82, 2.24) is 10.2 Å². The van der Waals surface area contributed by atoms with Gasteiger partial charge < -0.3 is 10.2 Å². The van der Waals surface area contributed by atoms with Gasteiger partial charge in [-0.15, -0.1) is 0 Å². The van der Waals surface area contributed by atoms with Crippen molar-refractivity contribution in [2.75, 3.05) is 17.4 Å². The summed E-state index contributed by atoms with van der Waals surface area (Å²) in [5.41, 5.74) is 1.58. The Hall–Kier alpha value is -2.78. The van der Waals surface area contributed by atoms with Crippen LogP contribution >= 0.6 is 34.8 Å². The molecule has 0 fully saturated rings. The molecule has 3 rings (SSSR count). The van der Waals surface area contributed by atoms with Crippen LogP contribution < -0.4 is 9.62 Å². The normalized spacial score (nSPS) is 12.2. The number of hydrogen-bond acceptors (Lipinski definition) is 4. The first-order valence-corrected chi connectivity index (χ1v) is 15.8. The van der Waals surface area contributed by atoms with E-state index in [2.05, 4.69) is 5.32 Å². The van der Waals surface area contributed by atoms with E-state index in [1.807, 2.05) is 26.8 Å². The second-order valence-corrected chi connectivity index (χ2v) is 13.2. The fourth-order valence-electron chi connectivity index (χ4n) is 4.24. The molecule has 220 valence electrons. The van der Waals surface area contributed by atoms with Gasteiger partial charge in [0.25, 0.3) is 10.0 Å². The largest absolute Gasteiger partial charge is 0.354 e. The Kier molecular flexibility index (Phi) is 11.5. The summed E-state index contributed by atoms with van der Waals surface area (Å²) in [6, 6.07) is 16.7. The second kappa shape index (κ2) is 14.4. The number of nitrogens with one attached hydrogen (secondary N) is 1. The van der Waals surface area contributed by atoms with Gasteiger partial charge in [-0.25, -0.2) is 8.42 Å². The lowest BCUT2D eigenvalue weighted by molar-refractivity contribution is -0.140. The molecule has 0 aliphatic heterocycles. The molecule has 3 aromatic rings. The van der Waals surface area contributed by atoms with Gasteiger partial charge in [0.1, 0.15) is 12.6 Å². The van der Waals surface area contributed by atoms with E-state index < -0.39 is 28.5 Å². The first kappa shape index (κ1) is 32.7. The van der Waals surface area contributed by atoms with E-state index in [-0.39, 0.29) is 29.7 Å². The van der Waals surface area contributed by atoms with E-state index in [9.17, 15) is 18.0 Å². The molecule has 41 heavy (non-hydrogen) atoms. The molecular weight excluding hydrogens is 605 g/mol. The van der Waals surface area contributed by atoms with Crippen LogP contribution in [0.1, 0.15) is 38.3 Å². The van der Waals surface area contributed by atoms with Crippen molar-refractivity contribution in [3.63, 3.8) is 0 Å². The summed E-state index contributed by atoms with van der Waals surface area (Å²) in [5.74, 6) is -0.744. The number of carbonyl (C=O) groups excluding carboxylic acids is 2. The smallest absolute Gasteiger partial charge is 0.264 e. The molecule has 0 saturated carbocycles. The summed E-state index contributed by atoms with van der Waals surface area (Å²) >= 11 is 18.9. The predicted octanol–water partition coefficient (Wildman–Crippen LogP) is 6.73. The lowest BCUT2D eigenvalue weighted by Crippen LogP contribution is -2.52. The number of sulfonamides is 1. The molecule has 3 aromatic carbocycles. The number of aryl methyl sites for hydroxylation is 1. The predicted molar refractivity (Wildman–Crippen MR) is 166 cm³/mol. The molecule has 7 nitrogen and oxygen atoms in total. The summed E-state index contributed by atoms with van der Waals surface area (Å²) in [5, 5.41) is 3.93. The van der Waals surface area contributed by atoms with Gasteiger partial charge in [0.05, 0.1) is 10.6 Å². The van der Waals surface area contributed by atoms with Gasteiger partial charge in [-0.05, 0) is 73.4 Å². The van der Waals surface area contributed by atoms with Gasteiger partial charge in [0.2, 0.25) is 11.8 Å². The number of rotatable bonds is 12. The highest BCUT2D eigenvalue weighted by atomic mass is 35.5. The summed E-state index contributed by atoms with van der Waals surface area (Å²) < 4.78 is 28.9. The molecule has 0 heterocycles. The summed E-state index contributed by atoms with van der Waals surface area (Å²) in [6.07, 6.45) is 0.284. The maximum absolute atomic E-state index is 14.1. The minimum absolute atomic E-state index is 0.0291. The molecule has 1 N–H and O–H groups in total. The summed E-state index contributed by atoms with van der Waals surface area (Å²) in [7, 11) is -4.21. The maximum atomic E-state index is 14.1. The van der Waals surface area contributed by atoms with Gasteiger partial charge in [-0.1, -0.05) is 73.8 Å². The van der Waals surface area contributed by atoms with Crippen molar-refractivity contribution in [1.29, 1.82) is 0 Å². The number of anilines is 1. The molecule has 0 spiro atoms. The van der Waals surface area contributed by atoms with Crippen molar-refractivity contribution in [3.05, 3.63) is 92.9 Å². The Morgan fingerprint density at radius 1 is 0.927 bits per heavy atom. The van der Waals surface area contributed by atoms with E-state index in [0.717, 1.165) is 9.87 Å². The Balaban J connectivity index is 2.09. The molecule has 1 atom stereocenters. The molecular formula is C30H34Cl3N3O4S. The average molecular weight is 639 g/mol. The number of carbonyl (C=O) groups is 2. The fourth-order valence-corrected chi connectivity index (χ4v) is 6.29. The molecule has 0 bridgehead atoms. The van der Waals surface area contributed by atoms with Crippen LogP contribution in [0, 0.1) is 12.8 Å². The lowest BCUT2D eigenvalue weighted by Gasteiger charge is -2.33. The molecule has 0 saturated heterocycles. The minimum atomic E-state index is -4.21. The zero-order valence-corrected chi connectivity index (χ0v) is 26.5. The molecule has 1 unspecified atom stereocenters. The highest BCUT2D eigenvalue weighted by Gasteiger charge is 2.34. The minimum Gasteiger partial charge on any atom is -0.354 e. The number of amides is 2. The van der Waals surface area contributed by atoms with Crippen LogP contribution in [0.5, 0.6) is 0 Å². The van der Waals surface area contributed by atoms with Crippen LogP contribution in [-0.4, -0.2) is 44.3 Å². The van der Waals surface area contributed by atoms with Crippen LogP contribution in [0.4, 0.5) is 5.69 Å². The number of halogens is 3. The maximum Gasteiger partial charge on any atom is 0.264 e. The zero-order chi connectivity index (χ0) is 30.3. The second-order valence-electron chi connectivity index (χ2n) is 10.1. The van der Waals surface area contributed by atoms with E-state index in [4.69, 9.17) is 34.8 Å². The quantitative estimate of drug-likeness (QED) is 0.238. The van der Waals surface area contributed by atoms with Crippen molar-refractivity contribution >= 4 is 62.3 Å². The van der Waals surface area contributed by atoms with Crippen LogP contribution in [0.3, 0.4) is 0 Å². The summed E-state index contributed by atoms with van der Waals surface area (Å²) in [4.78, 5) is 28.8. The van der Waals surface area contributed by atoms with Crippen molar-refractivity contribution in [3.8, 4) is 0 Å². The molecule has 11 heteroatoms. The van der Waals surface area contributed by atoms with Gasteiger partial charge >= 0.3 is 0 Å². The van der Waals surface area contributed by atoms with Gasteiger partial charge in [-0.3, -0.25) is 13.9 Å². The van der Waals surface area contributed by atoms with E-state index in [1.54, 1.807) is 43.3 Å². The third-order valence-electron chi connectivity index (χ3n) is 6.43. The van der Waals surface area contributed by atoms with Crippen LogP contribution in [0.2, 0.25) is 15.1 Å². The molecule has 0 aliphatic rings. The highest BCUT2D eigenvalue weighted by molar-refractivity contribution is 7.92. The number of hydrogen-bond donors (Lipinski definition) is 1. The molecule has 0 aliphatic carbocycles. The van der Waals surface area contributed by atoms with E-state index in [0.29, 0.717) is 32.9 Å². The van der Waals surface area contributed by atoms with E-state index in [1.165, 1.54) is 29.2 Å². The third-order valence-corrected chi connectivity index (χ3v) is 9.18. The first-order valence-electron chi connectivity index (χ1n) is 13.2. The van der Waals surface area contributed by atoms with Gasteiger partial charge in [0, 0.05) is 33.7 Å². The Morgan fingerprint density at radius 3 is 2.10 bits per heavy atom. The fraction of sp³-hybridized carbons (Fsp3) is 0.333. The average Bonchev–Trinajstić information content (AvgIpc) is 2.92.